The Morgan fingerprint density at radius 2 is 1.64 bits per heavy atom. The summed E-state index contributed by atoms with van der Waals surface area (Å²) < 4.78 is 8.74. The van der Waals surface area contributed by atoms with Gasteiger partial charge in [-0.2, -0.15) is 9.78 Å². The molecule has 0 atom stereocenters. The van der Waals surface area contributed by atoms with Crippen LogP contribution in [0.5, 0.6) is 5.75 Å². The van der Waals surface area contributed by atoms with Crippen LogP contribution in [0.4, 0.5) is 5.69 Å². The Balaban J connectivity index is 1.39. The summed E-state index contributed by atoms with van der Waals surface area (Å²) in [7, 11) is 0. The van der Waals surface area contributed by atoms with Gasteiger partial charge in [-0.3, -0.25) is 9.59 Å². The number of carbonyl (C=O) groups is 1. The van der Waals surface area contributed by atoms with E-state index in [1.165, 1.54) is 4.68 Å². The van der Waals surface area contributed by atoms with E-state index in [0.29, 0.717) is 33.2 Å². The van der Waals surface area contributed by atoms with Crippen LogP contribution in [-0.2, 0) is 4.79 Å². The van der Waals surface area contributed by atoms with Crippen molar-refractivity contribution in [2.75, 3.05) is 11.9 Å². The van der Waals surface area contributed by atoms with Crippen LogP contribution in [0.25, 0.3) is 22.3 Å². The van der Waals surface area contributed by atoms with E-state index < -0.39 is 0 Å². The lowest BCUT2D eigenvalue weighted by molar-refractivity contribution is -0.118. The van der Waals surface area contributed by atoms with Crippen molar-refractivity contribution in [3.8, 4) is 17.1 Å². The van der Waals surface area contributed by atoms with Crippen LogP contribution in [0.1, 0.15) is 5.56 Å². The molecule has 0 radical (unpaired) electrons. The Morgan fingerprint density at radius 3 is 2.36 bits per heavy atom. The predicted molar refractivity (Wildman–Crippen MR) is 172 cm³/mol. The lowest BCUT2D eigenvalue weighted by Crippen LogP contribution is -2.21. The molecule has 0 bridgehead atoms. The van der Waals surface area contributed by atoms with Gasteiger partial charge in [-0.1, -0.05) is 54.1 Å². The number of benzene rings is 4. The highest BCUT2D eigenvalue weighted by Crippen LogP contribution is 2.29. The van der Waals surface area contributed by atoms with E-state index in [1.54, 1.807) is 42.6 Å². The van der Waals surface area contributed by atoms with Gasteiger partial charge < -0.3 is 10.1 Å². The SMILES string of the molecule is O=C(COc1c(I)cc(C=Nn2c(-c3ccccc3)nc3ccccc3c2=O)cc1I)Nc1ccc(Cl)cc1. The van der Waals surface area contributed by atoms with Crippen molar-refractivity contribution in [1.82, 2.24) is 9.66 Å². The normalized spacial score (nSPS) is 11.2. The molecule has 4 aromatic carbocycles. The molecule has 0 fully saturated rings. The fourth-order valence-electron chi connectivity index (χ4n) is 3.79. The third-order valence-corrected chi connectivity index (χ3v) is 7.46. The molecule has 0 aliphatic rings. The number of amides is 1. The summed E-state index contributed by atoms with van der Waals surface area (Å²) in [6.45, 7) is -0.152. The number of carbonyl (C=O) groups excluding carboxylic acids is 1. The highest BCUT2D eigenvalue weighted by atomic mass is 127. The van der Waals surface area contributed by atoms with Gasteiger partial charge in [0.2, 0.25) is 0 Å². The van der Waals surface area contributed by atoms with Crippen LogP contribution in [-0.4, -0.2) is 28.4 Å². The van der Waals surface area contributed by atoms with Gasteiger partial charge in [0.1, 0.15) is 5.75 Å². The second-order valence-electron chi connectivity index (χ2n) is 8.34. The maximum absolute atomic E-state index is 13.4. The number of fused-ring (bicyclic) bond motifs is 1. The van der Waals surface area contributed by atoms with Gasteiger partial charge >= 0.3 is 0 Å². The van der Waals surface area contributed by atoms with Gasteiger partial charge in [0, 0.05) is 16.3 Å². The number of halogens is 3. The molecule has 39 heavy (non-hydrogen) atoms. The molecular weight excluding hydrogens is 742 g/mol. The molecule has 5 aromatic rings. The number of rotatable bonds is 7. The lowest BCUT2D eigenvalue weighted by atomic mass is 10.2. The molecule has 0 aliphatic carbocycles. The molecule has 194 valence electrons. The summed E-state index contributed by atoms with van der Waals surface area (Å²) in [5.41, 5.74) is 2.53. The maximum atomic E-state index is 13.4. The van der Waals surface area contributed by atoms with Gasteiger partial charge in [0.15, 0.2) is 12.4 Å². The van der Waals surface area contributed by atoms with Gasteiger partial charge in [0.25, 0.3) is 11.5 Å². The Labute approximate surface area is 256 Å². The molecule has 1 amide bonds. The fraction of sp³-hybridized carbons (Fsp3) is 0.0345. The summed E-state index contributed by atoms with van der Waals surface area (Å²) in [4.78, 5) is 30.5. The van der Waals surface area contributed by atoms with E-state index in [9.17, 15) is 9.59 Å². The number of anilines is 1. The van der Waals surface area contributed by atoms with Crippen molar-refractivity contribution in [2.45, 2.75) is 0 Å². The minimum atomic E-state index is -0.286. The van der Waals surface area contributed by atoms with Crippen molar-refractivity contribution in [3.63, 3.8) is 0 Å². The Bertz CT molecular complexity index is 1730. The molecule has 1 N–H and O–H groups in total. The first-order valence-electron chi connectivity index (χ1n) is 11.7. The zero-order chi connectivity index (χ0) is 27.4. The number of nitrogens with zero attached hydrogens (tertiary/aromatic N) is 3. The Morgan fingerprint density at radius 1 is 0.974 bits per heavy atom. The average molecular weight is 761 g/mol. The van der Waals surface area contributed by atoms with E-state index in [4.69, 9.17) is 21.3 Å². The van der Waals surface area contributed by atoms with Crippen LogP contribution < -0.4 is 15.6 Å². The molecule has 0 spiro atoms. The maximum Gasteiger partial charge on any atom is 0.282 e. The minimum absolute atomic E-state index is 0.152. The number of aromatic nitrogens is 2. The van der Waals surface area contributed by atoms with Crippen molar-refractivity contribution < 1.29 is 9.53 Å². The van der Waals surface area contributed by atoms with Crippen molar-refractivity contribution in [2.24, 2.45) is 5.10 Å². The average Bonchev–Trinajstić information content (AvgIpc) is 2.94. The second kappa shape index (κ2) is 12.3. The molecule has 0 saturated carbocycles. The van der Waals surface area contributed by atoms with E-state index in [1.807, 2.05) is 54.6 Å². The van der Waals surface area contributed by atoms with Crippen LogP contribution in [0.2, 0.25) is 5.02 Å². The Hall–Kier alpha value is -3.29. The third-order valence-electron chi connectivity index (χ3n) is 5.60. The largest absolute Gasteiger partial charge is 0.482 e. The zero-order valence-electron chi connectivity index (χ0n) is 20.1. The lowest BCUT2D eigenvalue weighted by Gasteiger charge is -2.12. The van der Waals surface area contributed by atoms with Crippen molar-refractivity contribution in [1.29, 1.82) is 0 Å². The predicted octanol–water partition coefficient (Wildman–Crippen LogP) is 6.83. The summed E-state index contributed by atoms with van der Waals surface area (Å²) in [6, 6.07) is 27.3. The second-order valence-corrected chi connectivity index (χ2v) is 11.1. The van der Waals surface area contributed by atoms with E-state index in [-0.39, 0.29) is 18.1 Å². The standard InChI is InChI=1S/C29H19ClI2N4O3/c30-20-10-12-21(13-11-20)34-26(37)17-39-27-23(31)14-18(15-24(27)32)16-33-36-28(19-6-2-1-3-7-19)35-25-9-5-4-8-22(25)29(36)38/h1-16H,17H2,(H,34,37). The summed E-state index contributed by atoms with van der Waals surface area (Å²) in [5.74, 6) is 0.756. The Kier molecular flexibility index (Phi) is 8.58. The molecular formula is C29H19ClI2N4O3. The molecule has 1 aromatic heterocycles. The molecule has 0 aliphatic heterocycles. The number of para-hydroxylation sites is 1. The number of hydrogen-bond acceptors (Lipinski definition) is 5. The number of hydrogen-bond donors (Lipinski definition) is 1. The van der Waals surface area contributed by atoms with Crippen LogP contribution in [0, 0.1) is 7.14 Å². The topological polar surface area (TPSA) is 85.6 Å². The van der Waals surface area contributed by atoms with Crippen LogP contribution in [0.3, 0.4) is 0 Å². The third kappa shape index (κ3) is 6.48. The van der Waals surface area contributed by atoms with E-state index in [0.717, 1.165) is 18.3 Å². The minimum Gasteiger partial charge on any atom is -0.482 e. The molecule has 7 nitrogen and oxygen atoms in total. The summed E-state index contributed by atoms with van der Waals surface area (Å²) >= 11 is 10.2. The number of ether oxygens (including phenoxy) is 1. The highest BCUT2D eigenvalue weighted by molar-refractivity contribution is 14.1. The quantitative estimate of drug-likeness (QED) is 0.146. The fourth-order valence-corrected chi connectivity index (χ4v) is 6.04. The first kappa shape index (κ1) is 27.3. The number of nitrogens with one attached hydrogen (secondary N) is 1. The van der Waals surface area contributed by atoms with Gasteiger partial charge in [-0.05, 0) is 99.3 Å². The van der Waals surface area contributed by atoms with Crippen LogP contribution >= 0.6 is 56.8 Å². The van der Waals surface area contributed by atoms with Crippen molar-refractivity contribution >= 4 is 85.5 Å². The summed E-state index contributed by atoms with van der Waals surface area (Å²) in [5, 5.41) is 8.39. The first-order valence-corrected chi connectivity index (χ1v) is 14.2. The van der Waals surface area contributed by atoms with E-state index in [2.05, 4.69) is 55.6 Å². The monoisotopic (exact) mass is 760 g/mol. The van der Waals surface area contributed by atoms with Crippen molar-refractivity contribution in [3.05, 3.63) is 119 Å². The van der Waals surface area contributed by atoms with E-state index >= 15 is 0 Å². The molecule has 10 heteroatoms. The zero-order valence-corrected chi connectivity index (χ0v) is 25.2. The van der Waals surface area contributed by atoms with Gasteiger partial charge in [0.05, 0.1) is 24.3 Å². The first-order chi connectivity index (χ1) is 18.9. The molecule has 5 rings (SSSR count). The smallest absolute Gasteiger partial charge is 0.282 e. The van der Waals surface area contributed by atoms with Gasteiger partial charge in [-0.15, -0.1) is 0 Å². The molecule has 1 heterocycles. The van der Waals surface area contributed by atoms with Gasteiger partial charge in [-0.25, -0.2) is 4.98 Å². The summed E-state index contributed by atoms with van der Waals surface area (Å²) in [6.07, 6.45) is 1.62. The van der Waals surface area contributed by atoms with Crippen LogP contribution in [0.15, 0.2) is 101 Å². The molecule has 0 saturated heterocycles. The highest BCUT2D eigenvalue weighted by Gasteiger charge is 2.14. The molecule has 0 unspecified atom stereocenters.